The average Bonchev–Trinajstić information content (AvgIpc) is 2.29. The largest absolute Gasteiger partial charge is 0.328 e. The summed E-state index contributed by atoms with van der Waals surface area (Å²) in [4.78, 5) is 11.8. The summed E-state index contributed by atoms with van der Waals surface area (Å²) in [5.74, 6) is 0.656. The minimum atomic E-state index is -2.93. The van der Waals surface area contributed by atoms with Crippen LogP contribution in [0.2, 0.25) is 0 Å². The second-order valence-corrected chi connectivity index (χ2v) is 7.39. The molecular formula is C12H23NO3S. The Hall–Kier alpha value is -0.420. The molecule has 1 fully saturated rings. The first-order chi connectivity index (χ1) is 7.94. The summed E-state index contributed by atoms with van der Waals surface area (Å²) < 4.78 is 22.5. The van der Waals surface area contributed by atoms with Crippen molar-refractivity contribution in [1.29, 1.82) is 0 Å². The highest BCUT2D eigenvalue weighted by Crippen LogP contribution is 2.25. The SMILES string of the molecule is CCS(=O)(=O)CCCC(=O)C1CCC(N)CC1. The summed E-state index contributed by atoms with van der Waals surface area (Å²) in [5.41, 5.74) is 5.78. The van der Waals surface area contributed by atoms with Crippen LogP contribution in [-0.2, 0) is 14.6 Å². The standard InChI is InChI=1S/C12H23NO3S/c1-2-17(15,16)9-3-4-12(14)10-5-7-11(13)8-6-10/h10-11H,2-9,13H2,1H3. The number of carbonyl (C=O) groups excluding carboxylic acids is 1. The number of hydrogen-bond donors (Lipinski definition) is 1. The number of carbonyl (C=O) groups is 1. The van der Waals surface area contributed by atoms with Gasteiger partial charge in [-0.1, -0.05) is 6.92 Å². The lowest BCUT2D eigenvalue weighted by Gasteiger charge is -2.24. The van der Waals surface area contributed by atoms with E-state index in [1.54, 1.807) is 6.92 Å². The molecule has 0 amide bonds. The lowest BCUT2D eigenvalue weighted by Crippen LogP contribution is -2.30. The van der Waals surface area contributed by atoms with Crippen LogP contribution in [0.1, 0.15) is 45.4 Å². The fourth-order valence-corrected chi connectivity index (χ4v) is 3.13. The average molecular weight is 261 g/mol. The Kier molecular flexibility index (Phi) is 5.59. The molecule has 0 atom stereocenters. The van der Waals surface area contributed by atoms with E-state index in [1.165, 1.54) is 0 Å². The zero-order valence-corrected chi connectivity index (χ0v) is 11.3. The van der Waals surface area contributed by atoms with E-state index in [-0.39, 0.29) is 29.2 Å². The van der Waals surface area contributed by atoms with Crippen molar-refractivity contribution >= 4 is 15.6 Å². The van der Waals surface area contributed by atoms with Crippen molar-refractivity contribution in [3.05, 3.63) is 0 Å². The number of ketones is 1. The Morgan fingerprint density at radius 2 is 1.82 bits per heavy atom. The Labute approximate surface area is 104 Å². The first-order valence-electron chi connectivity index (χ1n) is 6.43. The Bertz CT molecular complexity index is 343. The predicted octanol–water partition coefficient (Wildman–Crippen LogP) is 1.29. The van der Waals surface area contributed by atoms with Gasteiger partial charge in [-0.15, -0.1) is 0 Å². The molecule has 0 aromatic rings. The normalized spacial score (nSPS) is 25.8. The molecule has 0 radical (unpaired) electrons. The molecule has 0 saturated heterocycles. The molecule has 1 aliphatic carbocycles. The fraction of sp³-hybridized carbons (Fsp3) is 0.917. The minimum Gasteiger partial charge on any atom is -0.328 e. The number of hydrogen-bond acceptors (Lipinski definition) is 4. The molecule has 0 spiro atoms. The van der Waals surface area contributed by atoms with Crippen LogP contribution >= 0.6 is 0 Å². The molecule has 5 heteroatoms. The second-order valence-electron chi connectivity index (χ2n) is 4.92. The molecular weight excluding hydrogens is 238 g/mol. The second kappa shape index (κ2) is 6.50. The smallest absolute Gasteiger partial charge is 0.150 e. The maximum atomic E-state index is 11.8. The van der Waals surface area contributed by atoms with Crippen LogP contribution in [0.3, 0.4) is 0 Å². The van der Waals surface area contributed by atoms with Crippen molar-refractivity contribution in [3.63, 3.8) is 0 Å². The van der Waals surface area contributed by atoms with Gasteiger partial charge in [-0.3, -0.25) is 4.79 Å². The molecule has 1 rings (SSSR count). The van der Waals surface area contributed by atoms with Crippen LogP contribution in [0.4, 0.5) is 0 Å². The van der Waals surface area contributed by atoms with Crippen molar-refractivity contribution < 1.29 is 13.2 Å². The van der Waals surface area contributed by atoms with Gasteiger partial charge in [0.2, 0.25) is 0 Å². The quantitative estimate of drug-likeness (QED) is 0.781. The lowest BCUT2D eigenvalue weighted by molar-refractivity contribution is -0.123. The van der Waals surface area contributed by atoms with Gasteiger partial charge in [-0.25, -0.2) is 8.42 Å². The van der Waals surface area contributed by atoms with Crippen LogP contribution in [0.5, 0.6) is 0 Å². The van der Waals surface area contributed by atoms with Crippen molar-refractivity contribution in [3.8, 4) is 0 Å². The van der Waals surface area contributed by atoms with Crippen LogP contribution in [-0.4, -0.2) is 31.7 Å². The van der Waals surface area contributed by atoms with Crippen molar-refractivity contribution in [2.75, 3.05) is 11.5 Å². The van der Waals surface area contributed by atoms with Crippen molar-refractivity contribution in [1.82, 2.24) is 0 Å². The Morgan fingerprint density at radius 1 is 1.24 bits per heavy atom. The number of nitrogens with two attached hydrogens (primary N) is 1. The van der Waals surface area contributed by atoms with E-state index in [4.69, 9.17) is 5.73 Å². The third kappa shape index (κ3) is 5.17. The molecule has 0 aliphatic heterocycles. The van der Waals surface area contributed by atoms with Gasteiger partial charge in [-0.2, -0.15) is 0 Å². The summed E-state index contributed by atoms with van der Waals surface area (Å²) in [6.45, 7) is 1.64. The van der Waals surface area contributed by atoms with Crippen LogP contribution < -0.4 is 5.73 Å². The van der Waals surface area contributed by atoms with Crippen molar-refractivity contribution in [2.24, 2.45) is 11.7 Å². The summed E-state index contributed by atoms with van der Waals surface area (Å²) >= 11 is 0. The third-order valence-electron chi connectivity index (χ3n) is 3.55. The number of rotatable bonds is 6. The topological polar surface area (TPSA) is 77.2 Å². The Morgan fingerprint density at radius 3 is 2.35 bits per heavy atom. The van der Waals surface area contributed by atoms with E-state index >= 15 is 0 Å². The van der Waals surface area contributed by atoms with E-state index in [9.17, 15) is 13.2 Å². The molecule has 1 aliphatic rings. The van der Waals surface area contributed by atoms with Gasteiger partial charge in [0.15, 0.2) is 0 Å². The van der Waals surface area contributed by atoms with Gasteiger partial charge >= 0.3 is 0 Å². The molecule has 4 nitrogen and oxygen atoms in total. The van der Waals surface area contributed by atoms with Gasteiger partial charge in [0.1, 0.15) is 15.6 Å². The van der Waals surface area contributed by atoms with E-state index in [0.717, 1.165) is 25.7 Å². The molecule has 1 saturated carbocycles. The minimum absolute atomic E-state index is 0.124. The Balaban J connectivity index is 2.26. The summed E-state index contributed by atoms with van der Waals surface area (Å²) in [7, 11) is -2.93. The highest BCUT2D eigenvalue weighted by Gasteiger charge is 2.24. The summed E-state index contributed by atoms with van der Waals surface area (Å²) in [6.07, 6.45) is 4.46. The fourth-order valence-electron chi connectivity index (χ4n) is 2.26. The van der Waals surface area contributed by atoms with Crippen LogP contribution in [0.15, 0.2) is 0 Å². The molecule has 0 bridgehead atoms. The first-order valence-corrected chi connectivity index (χ1v) is 8.25. The van der Waals surface area contributed by atoms with Crippen LogP contribution in [0.25, 0.3) is 0 Å². The maximum absolute atomic E-state index is 11.8. The van der Waals surface area contributed by atoms with E-state index < -0.39 is 9.84 Å². The molecule has 0 unspecified atom stereocenters. The van der Waals surface area contributed by atoms with Crippen molar-refractivity contribution in [2.45, 2.75) is 51.5 Å². The molecule has 2 N–H and O–H groups in total. The highest BCUT2D eigenvalue weighted by atomic mass is 32.2. The van der Waals surface area contributed by atoms with Gasteiger partial charge in [0.05, 0.1) is 5.75 Å². The molecule has 17 heavy (non-hydrogen) atoms. The van der Waals surface area contributed by atoms with E-state index in [2.05, 4.69) is 0 Å². The summed E-state index contributed by atoms with van der Waals surface area (Å²) in [5, 5.41) is 0. The molecule has 0 heterocycles. The summed E-state index contributed by atoms with van der Waals surface area (Å²) in [6, 6.07) is 0.250. The van der Waals surface area contributed by atoms with Gasteiger partial charge in [0.25, 0.3) is 0 Å². The van der Waals surface area contributed by atoms with E-state index in [0.29, 0.717) is 12.8 Å². The molecule has 100 valence electrons. The predicted molar refractivity (Wildman–Crippen MR) is 68.5 cm³/mol. The first kappa shape index (κ1) is 14.6. The molecule has 0 aromatic carbocycles. The maximum Gasteiger partial charge on any atom is 0.150 e. The lowest BCUT2D eigenvalue weighted by atomic mass is 9.83. The van der Waals surface area contributed by atoms with E-state index in [1.807, 2.05) is 0 Å². The number of Topliss-reactive ketones (excluding diaryl/α,β-unsaturated/α-hetero) is 1. The third-order valence-corrected chi connectivity index (χ3v) is 5.34. The zero-order valence-electron chi connectivity index (χ0n) is 10.5. The van der Waals surface area contributed by atoms with Gasteiger partial charge in [0, 0.05) is 24.1 Å². The van der Waals surface area contributed by atoms with Gasteiger partial charge < -0.3 is 5.73 Å². The number of sulfone groups is 1. The zero-order chi connectivity index (χ0) is 12.9. The highest BCUT2D eigenvalue weighted by molar-refractivity contribution is 7.91. The van der Waals surface area contributed by atoms with Crippen LogP contribution in [0, 0.1) is 5.92 Å². The molecule has 0 aromatic heterocycles. The monoisotopic (exact) mass is 261 g/mol. The van der Waals surface area contributed by atoms with Gasteiger partial charge in [-0.05, 0) is 32.1 Å².